The molecule has 0 saturated carbocycles. The van der Waals surface area contributed by atoms with Crippen molar-refractivity contribution in [3.05, 3.63) is 54.5 Å². The van der Waals surface area contributed by atoms with Crippen molar-refractivity contribution < 1.29 is 37.1 Å². The number of nitrogens with one attached hydrogen (secondary N) is 2. The molecule has 1 heterocycles. The summed E-state index contributed by atoms with van der Waals surface area (Å²) in [7, 11) is 0. The topological polar surface area (TPSA) is 118 Å². The van der Waals surface area contributed by atoms with Crippen LogP contribution in [0.2, 0.25) is 0 Å². The zero-order valence-corrected chi connectivity index (χ0v) is 20.1. The lowest BCUT2D eigenvalue weighted by Gasteiger charge is -2.16. The lowest BCUT2D eigenvalue weighted by atomic mass is 10.0. The molecule has 0 saturated heterocycles. The Morgan fingerprint density at radius 1 is 1.03 bits per heavy atom. The summed E-state index contributed by atoms with van der Waals surface area (Å²) >= 11 is 0. The van der Waals surface area contributed by atoms with Crippen LogP contribution in [0, 0.1) is 0 Å². The molecule has 0 radical (unpaired) electrons. The van der Waals surface area contributed by atoms with E-state index in [4.69, 9.17) is 0 Å². The molecule has 37 heavy (non-hydrogen) atoms. The summed E-state index contributed by atoms with van der Waals surface area (Å²) in [6, 6.07) is 12.7. The smallest absolute Gasteiger partial charge is 0.379 e. The number of ether oxygens (including phenoxy) is 1. The van der Waals surface area contributed by atoms with E-state index >= 15 is 0 Å². The summed E-state index contributed by atoms with van der Waals surface area (Å²) in [6.07, 6.45) is -0.913. The number of benzene rings is 2. The van der Waals surface area contributed by atoms with Gasteiger partial charge in [-0.3, -0.25) is 9.59 Å². The largest absolute Gasteiger partial charge is 0.491 e. The third-order valence-corrected chi connectivity index (χ3v) is 5.74. The fourth-order valence-corrected chi connectivity index (χ4v) is 3.72. The van der Waals surface area contributed by atoms with E-state index < -0.39 is 30.1 Å². The average molecular weight is 518 g/mol. The molecule has 196 valence electrons. The van der Waals surface area contributed by atoms with Crippen molar-refractivity contribution in [2.75, 3.05) is 0 Å². The normalized spacial score (nSPS) is 12.2. The molecule has 11 heteroatoms. The van der Waals surface area contributed by atoms with Crippen molar-refractivity contribution in [3.8, 4) is 11.3 Å². The Hall–Kier alpha value is -4.02. The number of aromatic amines is 1. The molecule has 1 aromatic heterocycles. The number of fused-ring (bicyclic) bond motifs is 1. The van der Waals surface area contributed by atoms with Crippen molar-refractivity contribution in [3.63, 3.8) is 0 Å². The Balaban J connectivity index is 1.74. The second-order valence-corrected chi connectivity index (χ2v) is 8.44. The molecule has 0 spiro atoms. The van der Waals surface area contributed by atoms with Crippen molar-refractivity contribution >= 4 is 34.4 Å². The average Bonchev–Trinajstić information content (AvgIpc) is 3.36. The summed E-state index contributed by atoms with van der Waals surface area (Å²) in [5, 5.41) is 4.35. The monoisotopic (exact) mass is 517 g/mol. The van der Waals surface area contributed by atoms with Crippen molar-refractivity contribution in [1.29, 1.82) is 0 Å². The summed E-state index contributed by atoms with van der Waals surface area (Å²) in [6.45, 7) is 1.78. The Morgan fingerprint density at radius 3 is 2.46 bits per heavy atom. The number of carbonyl (C=O) groups excluding carboxylic acids is 4. The van der Waals surface area contributed by atoms with E-state index in [9.17, 15) is 32.3 Å². The molecule has 0 aliphatic rings. The number of alkyl halides is 3. The molecular formula is C26H26F3N3O5. The number of H-pyrrole nitrogens is 1. The molecule has 1 unspecified atom stereocenters. The van der Waals surface area contributed by atoms with Gasteiger partial charge in [0.05, 0.1) is 17.9 Å². The standard InChI is InChI=1S/C26H26F3N3O5/c1-2-19(33)10-4-3-5-11-20(32-23(34)24(35)37-25(36)26(27,28)29)22-30-15-21(31-22)18-13-12-16-8-6-7-9-17(16)14-18/h6-9,12-15,20H,2-5,10-11H2,1H3,(H,30,31)(H,32,34). The highest BCUT2D eigenvalue weighted by Crippen LogP contribution is 2.26. The van der Waals surface area contributed by atoms with Gasteiger partial charge < -0.3 is 15.0 Å². The predicted octanol–water partition coefficient (Wildman–Crippen LogP) is 4.95. The van der Waals surface area contributed by atoms with Gasteiger partial charge in [0.15, 0.2) is 0 Å². The maximum absolute atomic E-state index is 12.4. The number of imidazole rings is 1. The maximum atomic E-state index is 12.4. The van der Waals surface area contributed by atoms with Gasteiger partial charge in [0.1, 0.15) is 11.6 Å². The number of ketones is 1. The minimum atomic E-state index is -5.42. The number of unbranched alkanes of at least 4 members (excludes halogenated alkanes) is 2. The van der Waals surface area contributed by atoms with Gasteiger partial charge in [-0.2, -0.15) is 13.2 Å². The number of amides is 1. The fraction of sp³-hybridized carbons (Fsp3) is 0.346. The number of aromatic nitrogens is 2. The zero-order chi connectivity index (χ0) is 27.0. The highest BCUT2D eigenvalue weighted by molar-refractivity contribution is 6.34. The molecule has 1 amide bonds. The van der Waals surface area contributed by atoms with E-state index in [1.807, 2.05) is 42.5 Å². The second kappa shape index (κ2) is 12.3. The molecule has 2 aromatic carbocycles. The number of esters is 2. The van der Waals surface area contributed by atoms with Gasteiger partial charge in [-0.15, -0.1) is 0 Å². The molecule has 2 N–H and O–H groups in total. The third-order valence-electron chi connectivity index (χ3n) is 5.74. The van der Waals surface area contributed by atoms with Gasteiger partial charge in [-0.25, -0.2) is 14.6 Å². The second-order valence-electron chi connectivity index (χ2n) is 8.44. The number of carbonyl (C=O) groups is 4. The number of halogens is 3. The van der Waals surface area contributed by atoms with Gasteiger partial charge >= 0.3 is 24.0 Å². The first-order chi connectivity index (χ1) is 17.6. The van der Waals surface area contributed by atoms with Crippen LogP contribution in [-0.2, 0) is 23.9 Å². The molecule has 0 bridgehead atoms. The lowest BCUT2D eigenvalue weighted by Crippen LogP contribution is -2.39. The van der Waals surface area contributed by atoms with E-state index in [2.05, 4.69) is 20.0 Å². The highest BCUT2D eigenvalue weighted by atomic mass is 19.4. The van der Waals surface area contributed by atoms with Gasteiger partial charge in [0.25, 0.3) is 0 Å². The van der Waals surface area contributed by atoms with Crippen LogP contribution in [0.25, 0.3) is 22.0 Å². The van der Waals surface area contributed by atoms with Gasteiger partial charge in [0, 0.05) is 18.4 Å². The van der Waals surface area contributed by atoms with Crippen LogP contribution in [0.3, 0.4) is 0 Å². The van der Waals surface area contributed by atoms with E-state index in [0.717, 1.165) is 16.3 Å². The molecule has 0 fully saturated rings. The Kier molecular flexibility index (Phi) is 9.15. The first-order valence-corrected chi connectivity index (χ1v) is 11.8. The minimum absolute atomic E-state index is 0.132. The predicted molar refractivity (Wildman–Crippen MR) is 128 cm³/mol. The minimum Gasteiger partial charge on any atom is -0.379 e. The SMILES string of the molecule is CCC(=O)CCCCCC(NC(=O)C(=O)OC(=O)C(F)(F)F)c1ncc(-c2ccc3ccccc3c2)[nH]1. The van der Waals surface area contributed by atoms with Crippen LogP contribution in [0.5, 0.6) is 0 Å². The summed E-state index contributed by atoms with van der Waals surface area (Å²) in [5.41, 5.74) is 1.44. The van der Waals surface area contributed by atoms with Crippen LogP contribution in [0.1, 0.15) is 57.3 Å². The number of nitrogens with zero attached hydrogens (tertiary/aromatic N) is 1. The van der Waals surface area contributed by atoms with Crippen LogP contribution < -0.4 is 5.32 Å². The number of hydrogen-bond donors (Lipinski definition) is 2. The van der Waals surface area contributed by atoms with Crippen LogP contribution in [-0.4, -0.2) is 39.8 Å². The van der Waals surface area contributed by atoms with E-state index in [1.54, 1.807) is 13.1 Å². The first-order valence-electron chi connectivity index (χ1n) is 11.8. The quantitative estimate of drug-likeness (QED) is 0.170. The third kappa shape index (κ3) is 7.73. The van der Waals surface area contributed by atoms with E-state index in [1.165, 1.54) is 0 Å². The van der Waals surface area contributed by atoms with Gasteiger partial charge in [-0.05, 0) is 29.7 Å². The lowest BCUT2D eigenvalue weighted by molar-refractivity contribution is -0.202. The number of hydrogen-bond acceptors (Lipinski definition) is 6. The Morgan fingerprint density at radius 2 is 1.76 bits per heavy atom. The highest BCUT2D eigenvalue weighted by Gasteiger charge is 2.43. The van der Waals surface area contributed by atoms with Crippen LogP contribution in [0.4, 0.5) is 13.2 Å². The Bertz CT molecular complexity index is 1290. The molecule has 3 aromatic rings. The molecule has 8 nitrogen and oxygen atoms in total. The fourth-order valence-electron chi connectivity index (χ4n) is 3.72. The van der Waals surface area contributed by atoms with Crippen molar-refractivity contribution in [1.82, 2.24) is 15.3 Å². The molecule has 3 rings (SSSR count). The zero-order valence-electron chi connectivity index (χ0n) is 20.1. The summed E-state index contributed by atoms with van der Waals surface area (Å²) in [4.78, 5) is 53.8. The Labute approximate surface area is 210 Å². The molecular weight excluding hydrogens is 491 g/mol. The first kappa shape index (κ1) is 27.6. The van der Waals surface area contributed by atoms with Gasteiger partial charge in [0.2, 0.25) is 0 Å². The van der Waals surface area contributed by atoms with Gasteiger partial charge in [-0.1, -0.05) is 56.2 Å². The molecule has 1 atom stereocenters. The molecule has 0 aliphatic heterocycles. The van der Waals surface area contributed by atoms with E-state index in [-0.39, 0.29) is 18.0 Å². The van der Waals surface area contributed by atoms with Crippen molar-refractivity contribution in [2.45, 2.75) is 57.7 Å². The van der Waals surface area contributed by atoms with E-state index in [0.29, 0.717) is 37.8 Å². The number of Topliss-reactive ketones (excluding diaryl/α,β-unsaturated/α-hetero) is 1. The van der Waals surface area contributed by atoms with Crippen molar-refractivity contribution in [2.24, 2.45) is 0 Å². The maximum Gasteiger partial charge on any atom is 0.491 e. The van der Waals surface area contributed by atoms with Crippen LogP contribution >= 0.6 is 0 Å². The summed E-state index contributed by atoms with van der Waals surface area (Å²) in [5.74, 6) is -5.85. The van der Waals surface area contributed by atoms with Crippen LogP contribution in [0.15, 0.2) is 48.7 Å². The molecule has 0 aliphatic carbocycles. The summed E-state index contributed by atoms with van der Waals surface area (Å²) < 4.78 is 40.8. The number of rotatable bonds is 10.